The van der Waals surface area contributed by atoms with Crippen molar-refractivity contribution in [3.63, 3.8) is 0 Å². The minimum absolute atomic E-state index is 0.0990. The second-order valence-corrected chi connectivity index (χ2v) is 6.46. The van der Waals surface area contributed by atoms with Crippen LogP contribution in [0, 0.1) is 10.1 Å². The van der Waals surface area contributed by atoms with Gasteiger partial charge in [-0.2, -0.15) is 0 Å². The minimum atomic E-state index is -0.991. The van der Waals surface area contributed by atoms with Gasteiger partial charge in [-0.05, 0) is 37.5 Å². The number of amides is 2. The molecule has 1 aromatic carbocycles. The lowest BCUT2D eigenvalue weighted by Crippen LogP contribution is -2.41. The number of esters is 1. The van der Waals surface area contributed by atoms with Crippen LogP contribution in [-0.2, 0) is 25.7 Å². The number of nitrogens with one attached hydrogen (secondary N) is 2. The van der Waals surface area contributed by atoms with Gasteiger partial charge in [0.1, 0.15) is 12.6 Å². The van der Waals surface area contributed by atoms with E-state index in [4.69, 9.17) is 14.2 Å². The maximum atomic E-state index is 12.6. The van der Waals surface area contributed by atoms with E-state index in [-0.39, 0.29) is 35.1 Å². The summed E-state index contributed by atoms with van der Waals surface area (Å²) in [7, 11) is 2.72. The Labute approximate surface area is 185 Å². The van der Waals surface area contributed by atoms with Crippen molar-refractivity contribution in [2.24, 2.45) is 0 Å². The summed E-state index contributed by atoms with van der Waals surface area (Å²) in [6, 6.07) is 1.54. The molecule has 1 rings (SSSR count). The van der Waals surface area contributed by atoms with Crippen LogP contribution in [0.15, 0.2) is 37.4 Å². The van der Waals surface area contributed by atoms with Crippen molar-refractivity contribution < 1.29 is 33.5 Å². The van der Waals surface area contributed by atoms with Crippen LogP contribution < -0.4 is 20.1 Å². The van der Waals surface area contributed by atoms with Gasteiger partial charge in [-0.3, -0.25) is 19.7 Å². The summed E-state index contributed by atoms with van der Waals surface area (Å²) in [5, 5.41) is 16.5. The van der Waals surface area contributed by atoms with Crippen LogP contribution in [0.2, 0.25) is 0 Å². The molecule has 0 saturated carbocycles. The third-order valence-electron chi connectivity index (χ3n) is 4.34. The topological polar surface area (TPSA) is 146 Å². The zero-order valence-electron chi connectivity index (χ0n) is 18.0. The van der Waals surface area contributed by atoms with E-state index in [2.05, 4.69) is 23.8 Å². The average molecular weight is 449 g/mol. The van der Waals surface area contributed by atoms with Gasteiger partial charge in [0.25, 0.3) is 5.69 Å². The van der Waals surface area contributed by atoms with E-state index in [0.29, 0.717) is 19.4 Å². The zero-order valence-corrected chi connectivity index (χ0v) is 18.0. The van der Waals surface area contributed by atoms with E-state index in [1.807, 2.05) is 0 Å². The number of unbranched alkanes of at least 4 members (excludes halogenated alkanes) is 1. The number of carbonyl (C=O) groups is 3. The summed E-state index contributed by atoms with van der Waals surface area (Å²) >= 11 is 0. The van der Waals surface area contributed by atoms with Gasteiger partial charge >= 0.3 is 5.97 Å². The Hall–Kier alpha value is -3.89. The number of benzene rings is 1. The molecule has 1 aromatic rings. The molecule has 11 nitrogen and oxygen atoms in total. The maximum absolute atomic E-state index is 12.6. The van der Waals surface area contributed by atoms with Crippen molar-refractivity contribution in [1.82, 2.24) is 10.6 Å². The quantitative estimate of drug-likeness (QED) is 0.144. The molecule has 0 aromatic heterocycles. The Morgan fingerprint density at radius 3 is 2.28 bits per heavy atom. The van der Waals surface area contributed by atoms with E-state index >= 15 is 0 Å². The van der Waals surface area contributed by atoms with Gasteiger partial charge in [-0.15, -0.1) is 0 Å². The van der Waals surface area contributed by atoms with Crippen molar-refractivity contribution >= 4 is 23.5 Å². The molecule has 2 amide bonds. The number of nitrogens with zero attached hydrogens (tertiary/aromatic N) is 1. The summed E-state index contributed by atoms with van der Waals surface area (Å²) in [6.45, 7) is 6.66. The molecule has 1 atom stereocenters. The Morgan fingerprint density at radius 2 is 1.72 bits per heavy atom. The summed E-state index contributed by atoms with van der Waals surface area (Å²) in [4.78, 5) is 46.2. The first-order valence-corrected chi connectivity index (χ1v) is 9.66. The van der Waals surface area contributed by atoms with Gasteiger partial charge in [0.2, 0.25) is 11.8 Å². The molecule has 0 spiro atoms. The highest BCUT2D eigenvalue weighted by Gasteiger charge is 2.24. The van der Waals surface area contributed by atoms with Gasteiger partial charge in [-0.25, -0.2) is 4.79 Å². The van der Waals surface area contributed by atoms with Gasteiger partial charge in [0.15, 0.2) is 11.5 Å². The number of hydrogen-bond donors (Lipinski definition) is 2. The summed E-state index contributed by atoms with van der Waals surface area (Å²) in [5.41, 5.74) is -0.206. The molecule has 0 fully saturated rings. The molecule has 0 aliphatic rings. The highest BCUT2D eigenvalue weighted by molar-refractivity contribution is 5.91. The average Bonchev–Trinajstić information content (AvgIpc) is 2.80. The van der Waals surface area contributed by atoms with Crippen LogP contribution in [0.25, 0.3) is 0 Å². The lowest BCUT2D eigenvalue weighted by atomic mass is 10.1. The number of hydrogen-bond acceptors (Lipinski definition) is 8. The lowest BCUT2D eigenvalue weighted by molar-refractivity contribution is -0.385. The highest BCUT2D eigenvalue weighted by Crippen LogP contribution is 2.34. The molecule has 0 heterocycles. The smallest absolute Gasteiger partial charge is 0.328 e. The Kier molecular flexibility index (Phi) is 11.0. The van der Waals surface area contributed by atoms with Gasteiger partial charge in [0, 0.05) is 6.54 Å². The van der Waals surface area contributed by atoms with E-state index in [1.165, 1.54) is 26.4 Å². The maximum Gasteiger partial charge on any atom is 0.328 e. The molecule has 2 N–H and O–H groups in total. The predicted octanol–water partition coefficient (Wildman–Crippen LogP) is 1.80. The van der Waals surface area contributed by atoms with Gasteiger partial charge in [0.05, 0.1) is 30.8 Å². The first-order chi connectivity index (χ1) is 15.3. The number of ether oxygens (including phenoxy) is 3. The van der Waals surface area contributed by atoms with Crippen LogP contribution in [-0.4, -0.2) is 49.5 Å². The standard InChI is InChI=1S/C21H27N3O8/c1-5-19(25)22-10-8-7-9-15(23-20(26)6-2)21(27)32-13-14-11-17(30-3)18(31-4)12-16(14)24(28)29/h5-6,11-12,15H,1-2,7-10,13H2,3-4H3,(H,22,25)(H,23,26). The fraction of sp³-hybridized carbons (Fsp3) is 0.381. The number of rotatable bonds is 14. The number of carbonyl (C=O) groups excluding carboxylic acids is 3. The summed E-state index contributed by atoms with van der Waals surface area (Å²) in [5.74, 6) is -1.24. The monoisotopic (exact) mass is 449 g/mol. The largest absolute Gasteiger partial charge is 0.493 e. The summed E-state index contributed by atoms with van der Waals surface area (Å²) in [6.07, 6.45) is 3.44. The molecule has 0 aliphatic carbocycles. The SMILES string of the molecule is C=CC(=O)NCCCCC(NC(=O)C=C)C(=O)OCc1cc(OC)c(OC)cc1[N+](=O)[O-]. The number of methoxy groups -OCH3 is 2. The molecule has 0 saturated heterocycles. The Balaban J connectivity index is 2.85. The van der Waals surface area contributed by atoms with Crippen LogP contribution in [0.4, 0.5) is 5.69 Å². The van der Waals surface area contributed by atoms with Crippen LogP contribution in [0.1, 0.15) is 24.8 Å². The molecule has 174 valence electrons. The fourth-order valence-electron chi connectivity index (χ4n) is 2.68. The number of nitro benzene ring substituents is 1. The molecule has 0 radical (unpaired) electrons. The fourth-order valence-corrected chi connectivity index (χ4v) is 2.68. The molecular weight excluding hydrogens is 422 g/mol. The second kappa shape index (κ2) is 13.4. The van der Waals surface area contributed by atoms with E-state index < -0.39 is 29.4 Å². The number of nitro groups is 1. The van der Waals surface area contributed by atoms with Crippen LogP contribution in [0.3, 0.4) is 0 Å². The van der Waals surface area contributed by atoms with E-state index in [9.17, 15) is 24.5 Å². The zero-order chi connectivity index (χ0) is 24.1. The molecule has 32 heavy (non-hydrogen) atoms. The molecule has 1 unspecified atom stereocenters. The van der Waals surface area contributed by atoms with E-state index in [1.54, 1.807) is 0 Å². The van der Waals surface area contributed by atoms with Crippen molar-refractivity contribution in [3.8, 4) is 11.5 Å². The van der Waals surface area contributed by atoms with E-state index in [0.717, 1.165) is 12.2 Å². The molecule has 11 heteroatoms. The van der Waals surface area contributed by atoms with Gasteiger partial charge < -0.3 is 24.8 Å². The third-order valence-corrected chi connectivity index (χ3v) is 4.34. The van der Waals surface area contributed by atoms with Crippen LogP contribution in [0.5, 0.6) is 11.5 Å². The van der Waals surface area contributed by atoms with Crippen LogP contribution >= 0.6 is 0 Å². The molecule has 0 bridgehead atoms. The Morgan fingerprint density at radius 1 is 1.09 bits per heavy atom. The molecule has 0 aliphatic heterocycles. The predicted molar refractivity (Wildman–Crippen MR) is 115 cm³/mol. The van der Waals surface area contributed by atoms with Crippen molar-refractivity contribution in [2.75, 3.05) is 20.8 Å². The lowest BCUT2D eigenvalue weighted by Gasteiger charge is -2.17. The Bertz CT molecular complexity index is 869. The molecular formula is C21H27N3O8. The first kappa shape index (κ1) is 26.1. The third kappa shape index (κ3) is 8.09. The summed E-state index contributed by atoms with van der Waals surface area (Å²) < 4.78 is 15.4. The van der Waals surface area contributed by atoms with Crippen molar-refractivity contribution in [3.05, 3.63) is 53.1 Å². The van der Waals surface area contributed by atoms with Crippen molar-refractivity contribution in [1.29, 1.82) is 0 Å². The minimum Gasteiger partial charge on any atom is -0.493 e. The normalized spacial score (nSPS) is 10.9. The van der Waals surface area contributed by atoms with Crippen molar-refractivity contribution in [2.45, 2.75) is 31.9 Å². The van der Waals surface area contributed by atoms with Gasteiger partial charge in [-0.1, -0.05) is 13.2 Å². The first-order valence-electron chi connectivity index (χ1n) is 9.66. The second-order valence-electron chi connectivity index (χ2n) is 6.46. The highest BCUT2D eigenvalue weighted by atomic mass is 16.6.